The predicted octanol–water partition coefficient (Wildman–Crippen LogP) is 2.48. The third-order valence-corrected chi connectivity index (χ3v) is 3.13. The van der Waals surface area contributed by atoms with Gasteiger partial charge in [-0.3, -0.25) is 9.59 Å². The molecule has 0 N–H and O–H groups in total. The normalized spacial score (nSPS) is 10.4. The molecule has 92 valence electrons. The smallest absolute Gasteiger partial charge is 0.261 e. The number of benzene rings is 1. The molecule has 0 spiro atoms. The fourth-order valence-electron chi connectivity index (χ4n) is 2.03. The third-order valence-electron chi connectivity index (χ3n) is 3.13. The molecule has 0 atom stereocenters. The Hall–Kier alpha value is -2.16. The van der Waals surface area contributed by atoms with Crippen molar-refractivity contribution in [3.63, 3.8) is 0 Å². The molecule has 0 amide bonds. The van der Waals surface area contributed by atoms with Gasteiger partial charge in [-0.25, -0.2) is 0 Å². The number of carbonyl (C=O) groups excluding carboxylic acids is 1. The van der Waals surface area contributed by atoms with E-state index in [0.717, 1.165) is 22.4 Å². The van der Waals surface area contributed by atoms with E-state index in [9.17, 15) is 9.59 Å². The SMILES string of the molecule is Cc1ccc(C)c(-c2ccc(C=O)c(=O)n2C)c1. The number of aromatic nitrogens is 1. The van der Waals surface area contributed by atoms with Crippen molar-refractivity contribution in [3.05, 3.63) is 57.4 Å². The number of rotatable bonds is 2. The van der Waals surface area contributed by atoms with E-state index in [-0.39, 0.29) is 11.1 Å². The summed E-state index contributed by atoms with van der Waals surface area (Å²) in [6.07, 6.45) is 0.592. The Morgan fingerprint density at radius 1 is 1.11 bits per heavy atom. The monoisotopic (exact) mass is 241 g/mol. The van der Waals surface area contributed by atoms with Gasteiger partial charge in [0.15, 0.2) is 6.29 Å². The lowest BCUT2D eigenvalue weighted by molar-refractivity contribution is 0.112. The average Bonchev–Trinajstić information content (AvgIpc) is 2.36. The summed E-state index contributed by atoms with van der Waals surface area (Å²) >= 11 is 0. The maximum atomic E-state index is 11.9. The second-order valence-corrected chi connectivity index (χ2v) is 4.47. The van der Waals surface area contributed by atoms with Crippen molar-refractivity contribution < 1.29 is 4.79 Å². The first kappa shape index (κ1) is 12.3. The summed E-state index contributed by atoms with van der Waals surface area (Å²) in [5.41, 5.74) is 4.02. The lowest BCUT2D eigenvalue weighted by atomic mass is 10.0. The molecular formula is C15H15NO2. The summed E-state index contributed by atoms with van der Waals surface area (Å²) in [4.78, 5) is 22.7. The van der Waals surface area contributed by atoms with Gasteiger partial charge < -0.3 is 4.57 Å². The maximum absolute atomic E-state index is 11.9. The van der Waals surface area contributed by atoms with Crippen LogP contribution in [0.25, 0.3) is 11.3 Å². The van der Waals surface area contributed by atoms with Crippen molar-refractivity contribution in [1.82, 2.24) is 4.57 Å². The molecule has 0 bridgehead atoms. The van der Waals surface area contributed by atoms with Crippen molar-refractivity contribution in [2.75, 3.05) is 0 Å². The number of aryl methyl sites for hydroxylation is 2. The van der Waals surface area contributed by atoms with Gasteiger partial charge in [0.05, 0.1) is 11.3 Å². The van der Waals surface area contributed by atoms with Crippen molar-refractivity contribution in [3.8, 4) is 11.3 Å². The number of pyridine rings is 1. The summed E-state index contributed by atoms with van der Waals surface area (Å²) in [6.45, 7) is 4.02. The molecule has 0 fully saturated rings. The van der Waals surface area contributed by atoms with Gasteiger partial charge in [-0.2, -0.15) is 0 Å². The van der Waals surface area contributed by atoms with Gasteiger partial charge in [-0.05, 0) is 37.6 Å². The van der Waals surface area contributed by atoms with Gasteiger partial charge in [-0.1, -0.05) is 17.7 Å². The fourth-order valence-corrected chi connectivity index (χ4v) is 2.03. The molecule has 0 saturated carbocycles. The van der Waals surface area contributed by atoms with Crippen LogP contribution in [-0.4, -0.2) is 10.9 Å². The number of carbonyl (C=O) groups is 1. The lowest BCUT2D eigenvalue weighted by Gasteiger charge is -2.12. The van der Waals surface area contributed by atoms with E-state index < -0.39 is 0 Å². The van der Waals surface area contributed by atoms with E-state index in [2.05, 4.69) is 0 Å². The molecule has 0 unspecified atom stereocenters. The van der Waals surface area contributed by atoms with Gasteiger partial charge >= 0.3 is 0 Å². The fraction of sp³-hybridized carbons (Fsp3) is 0.200. The average molecular weight is 241 g/mol. The largest absolute Gasteiger partial charge is 0.311 e. The number of hydrogen-bond acceptors (Lipinski definition) is 2. The van der Waals surface area contributed by atoms with Gasteiger partial charge in [0.1, 0.15) is 0 Å². The van der Waals surface area contributed by atoms with Crippen LogP contribution in [0.15, 0.2) is 35.1 Å². The van der Waals surface area contributed by atoms with Crippen LogP contribution in [0, 0.1) is 13.8 Å². The molecule has 0 saturated heterocycles. The first-order valence-corrected chi connectivity index (χ1v) is 5.77. The van der Waals surface area contributed by atoms with Crippen LogP contribution in [-0.2, 0) is 7.05 Å². The van der Waals surface area contributed by atoms with Gasteiger partial charge in [0.25, 0.3) is 5.56 Å². The molecule has 0 aliphatic carbocycles. The number of aldehydes is 1. The highest BCUT2D eigenvalue weighted by Gasteiger charge is 2.09. The molecule has 3 nitrogen and oxygen atoms in total. The van der Waals surface area contributed by atoms with Crippen LogP contribution in [0.5, 0.6) is 0 Å². The molecule has 3 heteroatoms. The van der Waals surface area contributed by atoms with Crippen LogP contribution >= 0.6 is 0 Å². The summed E-state index contributed by atoms with van der Waals surface area (Å²) in [5.74, 6) is 0. The van der Waals surface area contributed by atoms with Crippen LogP contribution in [0.3, 0.4) is 0 Å². The topological polar surface area (TPSA) is 39.1 Å². The van der Waals surface area contributed by atoms with Crippen LogP contribution < -0.4 is 5.56 Å². The Morgan fingerprint density at radius 3 is 2.50 bits per heavy atom. The minimum absolute atomic E-state index is 0.187. The molecular weight excluding hydrogens is 226 g/mol. The van der Waals surface area contributed by atoms with Crippen LogP contribution in [0.4, 0.5) is 0 Å². The molecule has 0 aliphatic rings. The van der Waals surface area contributed by atoms with Crippen molar-refractivity contribution >= 4 is 6.29 Å². The van der Waals surface area contributed by atoms with E-state index in [1.807, 2.05) is 38.1 Å². The zero-order valence-electron chi connectivity index (χ0n) is 10.7. The first-order chi connectivity index (χ1) is 8.54. The highest BCUT2D eigenvalue weighted by molar-refractivity contribution is 5.75. The zero-order chi connectivity index (χ0) is 13.3. The highest BCUT2D eigenvalue weighted by Crippen LogP contribution is 2.23. The molecule has 1 aromatic heterocycles. The summed E-state index contributed by atoms with van der Waals surface area (Å²) < 4.78 is 1.52. The Labute approximate surface area is 106 Å². The number of hydrogen-bond donors (Lipinski definition) is 0. The molecule has 1 heterocycles. The van der Waals surface area contributed by atoms with Crippen molar-refractivity contribution in [1.29, 1.82) is 0 Å². The Morgan fingerprint density at radius 2 is 1.83 bits per heavy atom. The van der Waals surface area contributed by atoms with Gasteiger partial charge in [0.2, 0.25) is 0 Å². The minimum atomic E-state index is -0.261. The quantitative estimate of drug-likeness (QED) is 0.758. The maximum Gasteiger partial charge on any atom is 0.261 e. The van der Waals surface area contributed by atoms with E-state index in [1.165, 1.54) is 4.57 Å². The molecule has 1 aromatic carbocycles. The zero-order valence-corrected chi connectivity index (χ0v) is 10.7. The van der Waals surface area contributed by atoms with Gasteiger partial charge in [0, 0.05) is 12.6 Å². The minimum Gasteiger partial charge on any atom is -0.311 e. The molecule has 2 aromatic rings. The molecule has 0 aliphatic heterocycles. The lowest BCUT2D eigenvalue weighted by Crippen LogP contribution is -2.22. The van der Waals surface area contributed by atoms with Crippen LogP contribution in [0.2, 0.25) is 0 Å². The first-order valence-electron chi connectivity index (χ1n) is 5.77. The number of nitrogens with zero attached hydrogens (tertiary/aromatic N) is 1. The Balaban J connectivity index is 2.72. The third kappa shape index (κ3) is 1.99. The Kier molecular flexibility index (Phi) is 3.15. The van der Waals surface area contributed by atoms with E-state index >= 15 is 0 Å². The Bertz CT molecular complexity index is 669. The van der Waals surface area contributed by atoms with Crippen molar-refractivity contribution in [2.24, 2.45) is 7.05 Å². The van der Waals surface area contributed by atoms with Crippen molar-refractivity contribution in [2.45, 2.75) is 13.8 Å². The van der Waals surface area contributed by atoms with E-state index in [1.54, 1.807) is 13.1 Å². The second kappa shape index (κ2) is 4.61. The molecule has 2 rings (SSSR count). The summed E-state index contributed by atoms with van der Waals surface area (Å²) in [5, 5.41) is 0. The molecule has 0 radical (unpaired) electrons. The van der Waals surface area contributed by atoms with Crippen LogP contribution in [0.1, 0.15) is 21.5 Å². The van der Waals surface area contributed by atoms with E-state index in [4.69, 9.17) is 0 Å². The standard InChI is InChI=1S/C15H15NO2/c1-10-4-5-11(2)13(8-10)14-7-6-12(9-17)15(18)16(14)3/h4-9H,1-3H3. The molecule has 18 heavy (non-hydrogen) atoms. The predicted molar refractivity (Wildman–Crippen MR) is 72.0 cm³/mol. The second-order valence-electron chi connectivity index (χ2n) is 4.47. The summed E-state index contributed by atoms with van der Waals surface area (Å²) in [6, 6.07) is 9.50. The van der Waals surface area contributed by atoms with Gasteiger partial charge in [-0.15, -0.1) is 0 Å². The highest BCUT2D eigenvalue weighted by atomic mass is 16.1. The summed E-state index contributed by atoms with van der Waals surface area (Å²) in [7, 11) is 1.69. The van der Waals surface area contributed by atoms with E-state index in [0.29, 0.717) is 6.29 Å².